The number of hydrogen-bond donors (Lipinski definition) is 1. The fraction of sp³-hybridized carbons (Fsp3) is 0.158. The van der Waals surface area contributed by atoms with Gasteiger partial charge in [-0.05, 0) is 36.2 Å². The second-order valence-electron chi connectivity index (χ2n) is 5.94. The molecule has 0 spiro atoms. The number of aromatic nitrogens is 2. The molecule has 0 unspecified atom stereocenters. The van der Waals surface area contributed by atoms with E-state index < -0.39 is 11.7 Å². The molecule has 2 heterocycles. The lowest BCUT2D eigenvalue weighted by molar-refractivity contribution is -0.136. The van der Waals surface area contributed by atoms with Gasteiger partial charge in [0, 0.05) is 18.4 Å². The van der Waals surface area contributed by atoms with Crippen LogP contribution in [0.1, 0.15) is 11.1 Å². The number of benzene rings is 2. The van der Waals surface area contributed by atoms with Crippen LogP contribution in [0.4, 0.5) is 36.3 Å². The van der Waals surface area contributed by atoms with Crippen LogP contribution in [0, 0.1) is 0 Å². The molecular formula is C19H15F3N4. The average Bonchev–Trinajstić information content (AvgIpc) is 3.06. The highest BCUT2D eigenvalue weighted by molar-refractivity contribution is 5.67. The summed E-state index contributed by atoms with van der Waals surface area (Å²) in [5.74, 6) is 0.778. The summed E-state index contributed by atoms with van der Waals surface area (Å²) in [6.07, 6.45) is -2.01. The van der Waals surface area contributed by atoms with Crippen molar-refractivity contribution in [3.8, 4) is 0 Å². The number of para-hydroxylation sites is 2. The Balaban J connectivity index is 1.64. The summed E-state index contributed by atoms with van der Waals surface area (Å²) in [5, 5.41) is 2.77. The quantitative estimate of drug-likeness (QED) is 0.722. The third-order valence-electron chi connectivity index (χ3n) is 4.27. The third kappa shape index (κ3) is 3.08. The lowest BCUT2D eigenvalue weighted by Crippen LogP contribution is -2.17. The molecule has 0 saturated heterocycles. The van der Waals surface area contributed by atoms with E-state index >= 15 is 0 Å². The van der Waals surface area contributed by atoms with Gasteiger partial charge in [-0.1, -0.05) is 30.3 Å². The van der Waals surface area contributed by atoms with Crippen LogP contribution in [-0.4, -0.2) is 16.5 Å². The smallest absolute Gasteiger partial charge is 0.340 e. The summed E-state index contributed by atoms with van der Waals surface area (Å²) in [6.45, 7) is 0.738. The van der Waals surface area contributed by atoms with Crippen molar-refractivity contribution in [2.75, 3.05) is 16.8 Å². The normalized spacial score (nSPS) is 13.6. The molecule has 0 aliphatic carbocycles. The molecule has 1 aliphatic rings. The van der Waals surface area contributed by atoms with Crippen LogP contribution in [0.2, 0.25) is 0 Å². The fourth-order valence-electron chi connectivity index (χ4n) is 3.07. The van der Waals surface area contributed by atoms with Crippen LogP contribution in [0.25, 0.3) is 0 Å². The maximum atomic E-state index is 13.2. The Hall–Kier alpha value is -3.09. The highest BCUT2D eigenvalue weighted by atomic mass is 19.4. The van der Waals surface area contributed by atoms with E-state index in [-0.39, 0.29) is 5.69 Å². The predicted molar refractivity (Wildman–Crippen MR) is 93.9 cm³/mol. The van der Waals surface area contributed by atoms with E-state index in [0.717, 1.165) is 24.7 Å². The van der Waals surface area contributed by atoms with Crippen LogP contribution < -0.4 is 10.2 Å². The zero-order valence-electron chi connectivity index (χ0n) is 13.7. The summed E-state index contributed by atoms with van der Waals surface area (Å²) < 4.78 is 39.5. The molecule has 0 fully saturated rings. The van der Waals surface area contributed by atoms with Crippen molar-refractivity contribution in [2.45, 2.75) is 12.6 Å². The first kappa shape index (κ1) is 16.4. The first-order valence-corrected chi connectivity index (χ1v) is 8.14. The van der Waals surface area contributed by atoms with E-state index in [1.165, 1.54) is 17.7 Å². The summed E-state index contributed by atoms with van der Waals surface area (Å²) in [7, 11) is 0. The van der Waals surface area contributed by atoms with E-state index in [2.05, 4.69) is 21.4 Å². The summed E-state index contributed by atoms with van der Waals surface area (Å²) in [6, 6.07) is 14.9. The molecule has 0 saturated carbocycles. The minimum Gasteiger partial charge on any atom is -0.340 e. The molecule has 26 heavy (non-hydrogen) atoms. The van der Waals surface area contributed by atoms with Crippen LogP contribution in [0.15, 0.2) is 60.8 Å². The fourth-order valence-corrected chi connectivity index (χ4v) is 3.07. The Morgan fingerprint density at radius 2 is 1.73 bits per heavy atom. The Bertz CT molecular complexity index is 940. The Morgan fingerprint density at radius 3 is 2.58 bits per heavy atom. The minimum atomic E-state index is -4.44. The number of halogens is 3. The van der Waals surface area contributed by atoms with Crippen LogP contribution >= 0.6 is 0 Å². The van der Waals surface area contributed by atoms with E-state index in [9.17, 15) is 13.2 Å². The van der Waals surface area contributed by atoms with Crippen molar-refractivity contribution >= 4 is 23.1 Å². The van der Waals surface area contributed by atoms with Gasteiger partial charge in [0.05, 0.1) is 11.3 Å². The minimum absolute atomic E-state index is 0.0357. The molecule has 1 N–H and O–H groups in total. The molecule has 3 aromatic rings. The number of alkyl halides is 3. The Kier molecular flexibility index (Phi) is 3.99. The van der Waals surface area contributed by atoms with Crippen LogP contribution in [0.5, 0.6) is 0 Å². The van der Waals surface area contributed by atoms with Crippen molar-refractivity contribution in [2.24, 2.45) is 0 Å². The van der Waals surface area contributed by atoms with Gasteiger partial charge in [0.25, 0.3) is 0 Å². The van der Waals surface area contributed by atoms with E-state index in [4.69, 9.17) is 0 Å². The number of anilines is 4. The van der Waals surface area contributed by atoms with Crippen LogP contribution in [-0.2, 0) is 12.6 Å². The lowest BCUT2D eigenvalue weighted by Gasteiger charge is -2.18. The number of hydrogen-bond acceptors (Lipinski definition) is 4. The second kappa shape index (κ2) is 6.33. The molecule has 132 valence electrons. The molecule has 4 nitrogen and oxygen atoms in total. The highest BCUT2D eigenvalue weighted by Gasteiger charge is 2.33. The molecule has 4 rings (SSSR count). The summed E-state index contributed by atoms with van der Waals surface area (Å²) in [5.41, 5.74) is 1.47. The van der Waals surface area contributed by atoms with Crippen LogP contribution in [0.3, 0.4) is 0 Å². The number of rotatable bonds is 3. The molecule has 7 heteroatoms. The van der Waals surface area contributed by atoms with Gasteiger partial charge >= 0.3 is 6.18 Å². The predicted octanol–water partition coefficient (Wildman–Crippen LogP) is 4.93. The average molecular weight is 356 g/mol. The van der Waals surface area contributed by atoms with Crippen molar-refractivity contribution < 1.29 is 13.2 Å². The third-order valence-corrected chi connectivity index (χ3v) is 4.27. The molecule has 2 aromatic carbocycles. The maximum absolute atomic E-state index is 13.2. The first-order valence-electron chi connectivity index (χ1n) is 8.14. The molecule has 0 radical (unpaired) electrons. The van der Waals surface area contributed by atoms with Crippen molar-refractivity contribution in [1.29, 1.82) is 0 Å². The Morgan fingerprint density at radius 1 is 0.962 bits per heavy atom. The first-order chi connectivity index (χ1) is 12.5. The van der Waals surface area contributed by atoms with Crippen molar-refractivity contribution in [1.82, 2.24) is 9.97 Å². The Labute approximate surface area is 148 Å². The topological polar surface area (TPSA) is 41.1 Å². The van der Waals surface area contributed by atoms with Gasteiger partial charge in [-0.15, -0.1) is 0 Å². The van der Waals surface area contributed by atoms with E-state index in [1.54, 1.807) is 18.3 Å². The lowest BCUT2D eigenvalue weighted by atomic mass is 10.1. The highest BCUT2D eigenvalue weighted by Crippen LogP contribution is 2.36. The van der Waals surface area contributed by atoms with Gasteiger partial charge in [-0.25, -0.2) is 4.98 Å². The number of nitrogens with one attached hydrogen (secondary N) is 1. The molecule has 0 amide bonds. The summed E-state index contributed by atoms with van der Waals surface area (Å²) in [4.78, 5) is 10.7. The molecule has 1 aromatic heterocycles. The standard InChI is InChI=1S/C19H15F3N4/c20-19(21,22)14-6-2-3-7-15(14)24-17-9-11-23-18(25-17)26-12-10-13-5-1-4-8-16(13)26/h1-9,11H,10,12H2,(H,23,24,25). The zero-order chi connectivity index (χ0) is 18.1. The summed E-state index contributed by atoms with van der Waals surface area (Å²) >= 11 is 0. The van der Waals surface area contributed by atoms with Gasteiger partial charge in [0.2, 0.25) is 5.95 Å². The van der Waals surface area contributed by atoms with Gasteiger partial charge in [0.15, 0.2) is 0 Å². The van der Waals surface area contributed by atoms with E-state index in [0.29, 0.717) is 11.8 Å². The van der Waals surface area contributed by atoms with Crippen molar-refractivity contribution in [3.05, 3.63) is 71.9 Å². The maximum Gasteiger partial charge on any atom is 0.418 e. The van der Waals surface area contributed by atoms with E-state index in [1.807, 2.05) is 23.1 Å². The zero-order valence-corrected chi connectivity index (χ0v) is 13.7. The molecule has 0 atom stereocenters. The monoisotopic (exact) mass is 356 g/mol. The molecular weight excluding hydrogens is 341 g/mol. The largest absolute Gasteiger partial charge is 0.418 e. The van der Waals surface area contributed by atoms with Crippen molar-refractivity contribution in [3.63, 3.8) is 0 Å². The van der Waals surface area contributed by atoms with Gasteiger partial charge in [-0.2, -0.15) is 18.2 Å². The number of fused-ring (bicyclic) bond motifs is 1. The molecule has 0 bridgehead atoms. The van der Waals surface area contributed by atoms with Gasteiger partial charge in [-0.3, -0.25) is 0 Å². The second-order valence-corrected chi connectivity index (χ2v) is 5.94. The SMILES string of the molecule is FC(F)(F)c1ccccc1Nc1ccnc(N2CCc3ccccc32)n1. The molecule has 1 aliphatic heterocycles. The van der Waals surface area contributed by atoms with Gasteiger partial charge < -0.3 is 10.2 Å². The number of nitrogens with zero attached hydrogens (tertiary/aromatic N) is 3. The van der Waals surface area contributed by atoms with Gasteiger partial charge in [0.1, 0.15) is 5.82 Å².